The van der Waals surface area contributed by atoms with Crippen molar-refractivity contribution in [3.63, 3.8) is 0 Å². The normalized spacial score (nSPS) is 31.7. The number of benzene rings is 1. The van der Waals surface area contributed by atoms with Gasteiger partial charge in [0, 0.05) is 19.1 Å². The third-order valence-electron chi connectivity index (χ3n) is 14.7. The summed E-state index contributed by atoms with van der Waals surface area (Å²) in [6, 6.07) is 7.60. The van der Waals surface area contributed by atoms with E-state index in [2.05, 4.69) is 71.4 Å². The zero-order chi connectivity index (χ0) is 42.6. The average molecular weight is 771 g/mol. The molecule has 0 radical (unpaired) electrons. The number of hydrogen-bond acceptors (Lipinski definition) is 4. The first-order valence-corrected chi connectivity index (χ1v) is 21.1. The van der Waals surface area contributed by atoms with Crippen LogP contribution in [0.2, 0.25) is 0 Å². The second kappa shape index (κ2) is 20.6. The van der Waals surface area contributed by atoms with E-state index in [-0.39, 0.29) is 40.2 Å². The first kappa shape index (κ1) is 48.3. The summed E-state index contributed by atoms with van der Waals surface area (Å²) in [4.78, 5) is 38.8. The van der Waals surface area contributed by atoms with Gasteiger partial charge in [-0.05, 0) is 148 Å². The Morgan fingerprint density at radius 2 is 1.48 bits per heavy atom. The second-order valence-electron chi connectivity index (χ2n) is 17.7. The SMILES string of the molecule is C#C.C#C.C=CC.CC.CC(C)N(CCNC(=O)[C@]12CCCC1[C@H]1CCC3[C@@](C)(CCC4C(C)(C)C(c5ccc(C(=O)O)cc5)=CC[C@@]43C)C1CC2)CC(=O)O. The van der Waals surface area contributed by atoms with Crippen LogP contribution in [0.3, 0.4) is 0 Å². The molecule has 0 heterocycles. The molecule has 5 aliphatic rings. The standard InChI is InChI=1S/C40H58N2O5.C3H6.C2H6.2C2H2/c1-25(2)42(24-34(43)44)23-22-41-36(47)40-18-7-8-31(40)28-13-14-33-38(5,30(28)16-21-40)20-17-32-37(3,4)29(15-19-39(32,33)6)26-9-11-27(12-10-26)35(45)46;1-3-2;3*1-2/h9-12,15,25,28,30-33H,7-8,13-14,16-24H2,1-6H3,(H,41,47)(H,43,44)(H,45,46);3H,1H2,2H3;1-2H3;2*1-2H/t28-,30?,31?,32?,33?,38-,39-,40-;;;;/m0..../s1. The number of nitrogens with one attached hydrogen (secondary N) is 1. The van der Waals surface area contributed by atoms with E-state index >= 15 is 0 Å². The van der Waals surface area contributed by atoms with E-state index in [9.17, 15) is 24.6 Å². The third-order valence-corrected chi connectivity index (χ3v) is 14.7. The number of carbonyl (C=O) groups is 3. The van der Waals surface area contributed by atoms with E-state index in [0.717, 1.165) is 44.1 Å². The molecule has 4 unspecified atom stereocenters. The van der Waals surface area contributed by atoms with Crippen LogP contribution < -0.4 is 5.32 Å². The quantitative estimate of drug-likeness (QED) is 0.171. The first-order chi connectivity index (χ1) is 26.6. The molecule has 7 heteroatoms. The van der Waals surface area contributed by atoms with Crippen molar-refractivity contribution in [2.24, 2.45) is 51.2 Å². The largest absolute Gasteiger partial charge is 0.480 e. The number of rotatable bonds is 9. The van der Waals surface area contributed by atoms with Crippen molar-refractivity contribution < 1.29 is 24.6 Å². The highest BCUT2D eigenvalue weighted by Crippen LogP contribution is 2.73. The fraction of sp³-hybridized carbons (Fsp3) is 0.653. The number of carboxylic acid groups (broad SMARTS) is 2. The second-order valence-corrected chi connectivity index (χ2v) is 17.7. The fourth-order valence-electron chi connectivity index (χ4n) is 12.7. The zero-order valence-corrected chi connectivity index (χ0v) is 36.2. The Morgan fingerprint density at radius 3 is 2.04 bits per heavy atom. The number of aromatic carboxylic acids is 1. The van der Waals surface area contributed by atoms with E-state index in [1.165, 1.54) is 31.3 Å². The summed E-state index contributed by atoms with van der Waals surface area (Å²) in [5, 5.41) is 22.0. The Hall–Kier alpha value is -3.81. The highest BCUT2D eigenvalue weighted by Gasteiger charge is 2.66. The molecule has 0 aromatic heterocycles. The molecule has 0 bridgehead atoms. The Bertz CT molecular complexity index is 1550. The van der Waals surface area contributed by atoms with Gasteiger partial charge in [-0.25, -0.2) is 4.79 Å². The number of carboxylic acids is 2. The van der Waals surface area contributed by atoms with Gasteiger partial charge in [0.15, 0.2) is 0 Å². The van der Waals surface area contributed by atoms with Crippen molar-refractivity contribution in [3.05, 3.63) is 54.1 Å². The van der Waals surface area contributed by atoms with E-state index < -0.39 is 11.9 Å². The Balaban J connectivity index is 0.00000112. The third kappa shape index (κ3) is 9.31. The maximum atomic E-state index is 14.0. The molecule has 1 aromatic carbocycles. The summed E-state index contributed by atoms with van der Waals surface area (Å²) < 4.78 is 0. The maximum Gasteiger partial charge on any atom is 0.335 e. The lowest BCUT2D eigenvalue weighted by Crippen LogP contribution is -2.62. The Labute approximate surface area is 340 Å². The predicted molar refractivity (Wildman–Crippen MR) is 232 cm³/mol. The highest BCUT2D eigenvalue weighted by atomic mass is 16.4. The number of aliphatic carboxylic acids is 1. The van der Waals surface area contributed by atoms with Crippen LogP contribution in [0, 0.1) is 76.9 Å². The van der Waals surface area contributed by atoms with E-state index in [1.54, 1.807) is 18.2 Å². The maximum absolute atomic E-state index is 14.0. The number of amides is 1. The summed E-state index contributed by atoms with van der Waals surface area (Å²) in [7, 11) is 0. The Morgan fingerprint density at radius 1 is 0.875 bits per heavy atom. The van der Waals surface area contributed by atoms with Crippen LogP contribution in [0.1, 0.15) is 142 Å². The summed E-state index contributed by atoms with van der Waals surface area (Å²) in [5.74, 6) is 1.45. The van der Waals surface area contributed by atoms with Gasteiger partial charge in [0.05, 0.1) is 17.5 Å². The molecule has 4 fully saturated rings. The number of carbonyl (C=O) groups excluding carboxylic acids is 1. The van der Waals surface area contributed by atoms with Crippen LogP contribution in [-0.2, 0) is 9.59 Å². The molecule has 6 rings (SSSR count). The minimum atomic E-state index is -0.882. The molecule has 56 heavy (non-hydrogen) atoms. The van der Waals surface area contributed by atoms with Gasteiger partial charge in [-0.1, -0.05) is 72.2 Å². The first-order valence-electron chi connectivity index (χ1n) is 21.1. The molecule has 4 saturated carbocycles. The molecule has 0 aliphatic heterocycles. The predicted octanol–water partition coefficient (Wildman–Crippen LogP) is 10.5. The topological polar surface area (TPSA) is 107 Å². The average Bonchev–Trinajstić information content (AvgIpc) is 3.63. The van der Waals surface area contributed by atoms with Crippen LogP contribution in [-0.4, -0.2) is 58.6 Å². The molecule has 5 aliphatic carbocycles. The molecule has 3 N–H and O–H groups in total. The van der Waals surface area contributed by atoms with Crippen LogP contribution in [0.25, 0.3) is 5.57 Å². The smallest absolute Gasteiger partial charge is 0.335 e. The summed E-state index contributed by atoms with van der Waals surface area (Å²) >= 11 is 0. The number of fused-ring (bicyclic) bond motifs is 7. The van der Waals surface area contributed by atoms with Crippen molar-refractivity contribution in [1.82, 2.24) is 10.2 Å². The van der Waals surface area contributed by atoms with E-state index in [1.807, 2.05) is 51.7 Å². The molecule has 8 atom stereocenters. The molecule has 1 amide bonds. The number of terminal acetylenes is 2. The minimum Gasteiger partial charge on any atom is -0.480 e. The lowest BCUT2D eigenvalue weighted by molar-refractivity contribution is -0.181. The van der Waals surface area contributed by atoms with Crippen LogP contribution >= 0.6 is 0 Å². The van der Waals surface area contributed by atoms with Gasteiger partial charge < -0.3 is 15.5 Å². The van der Waals surface area contributed by atoms with Gasteiger partial charge in [-0.15, -0.1) is 32.3 Å². The van der Waals surface area contributed by atoms with Crippen molar-refractivity contribution in [2.45, 2.75) is 133 Å². The summed E-state index contributed by atoms with van der Waals surface area (Å²) in [6.45, 7) is 24.4. The molecule has 0 spiro atoms. The van der Waals surface area contributed by atoms with Gasteiger partial charge in [-0.3, -0.25) is 14.5 Å². The highest BCUT2D eigenvalue weighted by molar-refractivity contribution is 5.88. The lowest BCUT2D eigenvalue weighted by Gasteiger charge is -2.68. The van der Waals surface area contributed by atoms with Crippen LogP contribution in [0.4, 0.5) is 0 Å². The van der Waals surface area contributed by atoms with E-state index in [0.29, 0.717) is 48.2 Å². The minimum absolute atomic E-state index is 0.00123. The van der Waals surface area contributed by atoms with Gasteiger partial charge in [0.1, 0.15) is 0 Å². The lowest BCUT2D eigenvalue weighted by atomic mass is 9.36. The van der Waals surface area contributed by atoms with E-state index in [4.69, 9.17) is 0 Å². The van der Waals surface area contributed by atoms with Gasteiger partial charge in [-0.2, -0.15) is 0 Å². The zero-order valence-electron chi connectivity index (χ0n) is 36.2. The molecule has 1 aromatic rings. The molecular weight excluding hydrogens is 697 g/mol. The number of nitrogens with zero attached hydrogens (tertiary/aromatic N) is 1. The molecule has 0 saturated heterocycles. The monoisotopic (exact) mass is 771 g/mol. The van der Waals surface area contributed by atoms with Crippen molar-refractivity contribution in [1.29, 1.82) is 0 Å². The van der Waals surface area contributed by atoms with Crippen molar-refractivity contribution in [3.8, 4) is 25.7 Å². The van der Waals surface area contributed by atoms with Crippen molar-refractivity contribution in [2.75, 3.05) is 19.6 Å². The van der Waals surface area contributed by atoms with Gasteiger partial charge >= 0.3 is 11.9 Å². The number of hydrogen-bond donors (Lipinski definition) is 3. The van der Waals surface area contributed by atoms with Crippen LogP contribution in [0.5, 0.6) is 0 Å². The van der Waals surface area contributed by atoms with Crippen LogP contribution in [0.15, 0.2) is 43.0 Å². The molecule has 310 valence electrons. The van der Waals surface area contributed by atoms with Crippen molar-refractivity contribution >= 4 is 23.4 Å². The van der Waals surface area contributed by atoms with Gasteiger partial charge in [0.25, 0.3) is 0 Å². The summed E-state index contributed by atoms with van der Waals surface area (Å²) in [6.07, 6.45) is 31.6. The number of allylic oxidation sites excluding steroid dienone is 3. The fourth-order valence-corrected chi connectivity index (χ4v) is 12.7. The molecular formula is C49H74N2O5. The molecule has 7 nitrogen and oxygen atoms in total. The Kier molecular flexibility index (Phi) is 17.7. The summed E-state index contributed by atoms with van der Waals surface area (Å²) in [5.41, 5.74) is 3.08. The van der Waals surface area contributed by atoms with Gasteiger partial charge in [0.2, 0.25) is 5.91 Å².